The first-order valence-electron chi connectivity index (χ1n) is 11.9. The van der Waals surface area contributed by atoms with Gasteiger partial charge in [-0.1, -0.05) is 75.7 Å². The second-order valence-corrected chi connectivity index (χ2v) is 8.95. The molecule has 2 aromatic heterocycles. The Hall–Kier alpha value is -3.68. The molecule has 0 atom stereocenters. The number of tetrazole rings is 1. The van der Waals surface area contributed by atoms with Crippen LogP contribution < -0.4 is 0 Å². The average Bonchev–Trinajstić information content (AvgIpc) is 3.52. The van der Waals surface area contributed by atoms with Crippen molar-refractivity contribution in [1.29, 1.82) is 0 Å². The summed E-state index contributed by atoms with van der Waals surface area (Å²) >= 11 is 0. The van der Waals surface area contributed by atoms with Gasteiger partial charge in [0.2, 0.25) is 17.4 Å². The van der Waals surface area contributed by atoms with E-state index < -0.39 is 0 Å². The molecule has 0 radical (unpaired) electrons. The molecule has 0 aliphatic rings. The van der Waals surface area contributed by atoms with Crippen LogP contribution in [0.15, 0.2) is 48.5 Å². The molecule has 0 fully saturated rings. The fraction of sp³-hybridized carbons (Fsp3) is 0.385. The smallest absolute Gasteiger partial charge is 0.217 e. The molecule has 0 unspecified atom stereocenters. The van der Waals surface area contributed by atoms with Gasteiger partial charge in [0.1, 0.15) is 5.82 Å². The van der Waals surface area contributed by atoms with Gasteiger partial charge in [-0.15, -0.1) is 15.3 Å². The van der Waals surface area contributed by atoms with E-state index in [1.165, 1.54) is 0 Å². The normalized spacial score (nSPS) is 11.3. The largest absolute Gasteiger partial charge is 0.291 e. The topological polar surface area (TPSA) is 102 Å². The fourth-order valence-corrected chi connectivity index (χ4v) is 3.84. The van der Waals surface area contributed by atoms with Gasteiger partial charge < -0.3 is 0 Å². The molecule has 2 aromatic carbocycles. The summed E-state index contributed by atoms with van der Waals surface area (Å²) in [5, 5.41) is 19.0. The molecular formula is C26H31N7O. The number of ketones is 1. The van der Waals surface area contributed by atoms with Crippen LogP contribution in [0.1, 0.15) is 68.5 Å². The quantitative estimate of drug-likeness (QED) is 0.313. The van der Waals surface area contributed by atoms with Crippen LogP contribution in [-0.4, -0.2) is 41.2 Å². The molecule has 4 aromatic rings. The second kappa shape index (κ2) is 11.0. The van der Waals surface area contributed by atoms with Crippen LogP contribution in [0, 0.1) is 5.92 Å². The minimum atomic E-state index is 0.0276. The summed E-state index contributed by atoms with van der Waals surface area (Å²) in [5.41, 5.74) is 4.13. The second-order valence-electron chi connectivity index (χ2n) is 8.95. The number of rotatable bonds is 11. The number of hydrogen-bond donors (Lipinski definition) is 1. The minimum absolute atomic E-state index is 0.0276. The number of Topliss-reactive ketones (excluding diaryl/α,β-unsaturated/α-hetero) is 1. The summed E-state index contributed by atoms with van der Waals surface area (Å²) < 4.78 is 1.89. The number of unbranched alkanes of at least 4 members (excludes halogenated alkanes) is 1. The van der Waals surface area contributed by atoms with Crippen LogP contribution in [-0.2, 0) is 13.0 Å². The Labute approximate surface area is 199 Å². The molecule has 34 heavy (non-hydrogen) atoms. The average molecular weight is 458 g/mol. The molecule has 0 amide bonds. The number of carbonyl (C=O) groups is 1. The van der Waals surface area contributed by atoms with Gasteiger partial charge in [0.05, 0.1) is 6.54 Å². The zero-order chi connectivity index (χ0) is 23.9. The van der Waals surface area contributed by atoms with Gasteiger partial charge in [-0.3, -0.25) is 4.79 Å². The van der Waals surface area contributed by atoms with E-state index in [0.29, 0.717) is 30.5 Å². The molecule has 0 aliphatic carbocycles. The molecule has 0 saturated heterocycles. The van der Waals surface area contributed by atoms with Gasteiger partial charge in [0, 0.05) is 18.4 Å². The van der Waals surface area contributed by atoms with Crippen molar-refractivity contribution < 1.29 is 4.79 Å². The first kappa shape index (κ1) is 23.5. The van der Waals surface area contributed by atoms with E-state index in [1.54, 1.807) is 0 Å². The van der Waals surface area contributed by atoms with Gasteiger partial charge >= 0.3 is 0 Å². The SMILES string of the molecule is CCCCC(=O)c1nc(CCC(C)C)n(Cc2ccc(-c3ccccc3-c3nn[nH]n3)cc2)n1. The Morgan fingerprint density at radius 3 is 2.50 bits per heavy atom. The van der Waals surface area contributed by atoms with Gasteiger partial charge in [-0.05, 0) is 40.7 Å². The molecule has 1 N–H and O–H groups in total. The van der Waals surface area contributed by atoms with Crippen LogP contribution in [0.4, 0.5) is 0 Å². The summed E-state index contributed by atoms with van der Waals surface area (Å²) in [6.07, 6.45) is 4.16. The van der Waals surface area contributed by atoms with Crippen molar-refractivity contribution in [1.82, 2.24) is 35.4 Å². The summed E-state index contributed by atoms with van der Waals surface area (Å²) in [7, 11) is 0. The molecule has 4 rings (SSSR count). The third-order valence-electron chi connectivity index (χ3n) is 5.81. The maximum Gasteiger partial charge on any atom is 0.217 e. The number of nitrogens with zero attached hydrogens (tertiary/aromatic N) is 6. The highest BCUT2D eigenvalue weighted by Crippen LogP contribution is 2.29. The third kappa shape index (κ3) is 5.62. The number of hydrogen-bond acceptors (Lipinski definition) is 6. The minimum Gasteiger partial charge on any atom is -0.291 e. The Balaban J connectivity index is 1.56. The number of benzene rings is 2. The van der Waals surface area contributed by atoms with Crippen LogP contribution in [0.5, 0.6) is 0 Å². The Morgan fingerprint density at radius 1 is 1.06 bits per heavy atom. The zero-order valence-corrected chi connectivity index (χ0v) is 20.0. The zero-order valence-electron chi connectivity index (χ0n) is 20.0. The lowest BCUT2D eigenvalue weighted by atomic mass is 9.98. The predicted octanol–water partition coefficient (Wildman–Crippen LogP) is 5.14. The van der Waals surface area contributed by atoms with E-state index in [0.717, 1.165) is 53.8 Å². The van der Waals surface area contributed by atoms with Gasteiger partial charge in [0.25, 0.3) is 0 Å². The summed E-state index contributed by atoms with van der Waals surface area (Å²) in [5.74, 6) is 2.37. The molecule has 176 valence electrons. The number of nitrogens with one attached hydrogen (secondary N) is 1. The van der Waals surface area contributed by atoms with Crippen molar-refractivity contribution in [2.75, 3.05) is 0 Å². The van der Waals surface area contributed by atoms with Gasteiger partial charge in [-0.25, -0.2) is 9.67 Å². The highest BCUT2D eigenvalue weighted by Gasteiger charge is 2.17. The lowest BCUT2D eigenvalue weighted by molar-refractivity contribution is 0.0969. The van der Waals surface area contributed by atoms with Gasteiger partial charge in [-0.2, -0.15) is 5.21 Å². The van der Waals surface area contributed by atoms with E-state index in [2.05, 4.69) is 81.8 Å². The van der Waals surface area contributed by atoms with Crippen molar-refractivity contribution in [3.05, 3.63) is 65.7 Å². The first-order chi connectivity index (χ1) is 16.5. The number of carbonyl (C=O) groups excluding carboxylic acids is 1. The Kier molecular flexibility index (Phi) is 7.57. The van der Waals surface area contributed by atoms with E-state index in [9.17, 15) is 4.79 Å². The summed E-state index contributed by atoms with van der Waals surface area (Å²) in [4.78, 5) is 17.2. The fourth-order valence-electron chi connectivity index (χ4n) is 3.84. The van der Waals surface area contributed by atoms with Crippen molar-refractivity contribution in [2.24, 2.45) is 5.92 Å². The lowest BCUT2D eigenvalue weighted by Gasteiger charge is -2.10. The van der Waals surface area contributed by atoms with Crippen molar-refractivity contribution in [3.63, 3.8) is 0 Å². The molecule has 2 heterocycles. The van der Waals surface area contributed by atoms with E-state index in [1.807, 2.05) is 22.9 Å². The lowest BCUT2D eigenvalue weighted by Crippen LogP contribution is -2.08. The Bertz CT molecular complexity index is 1210. The van der Waals surface area contributed by atoms with E-state index in [4.69, 9.17) is 0 Å². The highest BCUT2D eigenvalue weighted by molar-refractivity contribution is 5.92. The molecule has 8 heteroatoms. The van der Waals surface area contributed by atoms with Crippen molar-refractivity contribution in [3.8, 4) is 22.5 Å². The first-order valence-corrected chi connectivity index (χ1v) is 11.9. The van der Waals surface area contributed by atoms with Crippen LogP contribution in [0.25, 0.3) is 22.5 Å². The van der Waals surface area contributed by atoms with Gasteiger partial charge in [0.15, 0.2) is 0 Å². The summed E-state index contributed by atoms with van der Waals surface area (Å²) in [6.45, 7) is 7.05. The van der Waals surface area contributed by atoms with Crippen LogP contribution in [0.2, 0.25) is 0 Å². The van der Waals surface area contributed by atoms with Crippen molar-refractivity contribution in [2.45, 2.75) is 59.4 Å². The number of aryl methyl sites for hydroxylation is 1. The molecular weight excluding hydrogens is 426 g/mol. The maximum atomic E-state index is 12.5. The van der Waals surface area contributed by atoms with Crippen LogP contribution in [0.3, 0.4) is 0 Å². The predicted molar refractivity (Wildman–Crippen MR) is 131 cm³/mol. The third-order valence-corrected chi connectivity index (χ3v) is 5.81. The van der Waals surface area contributed by atoms with E-state index >= 15 is 0 Å². The monoisotopic (exact) mass is 457 g/mol. The highest BCUT2D eigenvalue weighted by atomic mass is 16.1. The molecule has 0 aliphatic heterocycles. The Morgan fingerprint density at radius 2 is 1.82 bits per heavy atom. The molecule has 0 spiro atoms. The van der Waals surface area contributed by atoms with Crippen molar-refractivity contribution >= 4 is 5.78 Å². The van der Waals surface area contributed by atoms with Crippen LogP contribution >= 0.6 is 0 Å². The summed E-state index contributed by atoms with van der Waals surface area (Å²) in [6, 6.07) is 16.4. The number of H-pyrrole nitrogens is 1. The maximum absolute atomic E-state index is 12.5. The number of aromatic amines is 1. The molecule has 0 bridgehead atoms. The standard InChI is InChI=1S/C26H31N7O/c1-4-5-10-23(34)26-27-24(16-11-18(2)3)33(30-26)17-19-12-14-20(15-13-19)21-8-6-7-9-22(21)25-28-31-32-29-25/h6-9,12-15,18H,4-5,10-11,16-17H2,1-3H3,(H,28,29,31,32). The number of aromatic nitrogens is 7. The molecule has 0 saturated carbocycles. The van der Waals surface area contributed by atoms with E-state index in [-0.39, 0.29) is 5.78 Å². The molecule has 8 nitrogen and oxygen atoms in total.